The lowest BCUT2D eigenvalue weighted by Gasteiger charge is -2.30. The number of anilines is 2. The number of amides is 2. The summed E-state index contributed by atoms with van der Waals surface area (Å²) in [5, 5.41) is 35.7. The Hall–Kier alpha value is -3.97. The summed E-state index contributed by atoms with van der Waals surface area (Å²) < 4.78 is 1.84. The van der Waals surface area contributed by atoms with E-state index >= 15 is 0 Å². The van der Waals surface area contributed by atoms with Gasteiger partial charge >= 0.3 is 0 Å². The van der Waals surface area contributed by atoms with Crippen LogP contribution in [0.5, 0.6) is 0 Å². The molecule has 0 aliphatic carbocycles. The van der Waals surface area contributed by atoms with Gasteiger partial charge in [0.05, 0.1) is 12.6 Å². The molecule has 2 aromatic rings. The fourth-order valence-electron chi connectivity index (χ4n) is 3.96. The van der Waals surface area contributed by atoms with Crippen LogP contribution >= 0.6 is 11.3 Å². The molecule has 11 nitrogen and oxygen atoms in total. The van der Waals surface area contributed by atoms with Gasteiger partial charge in [-0.1, -0.05) is 6.07 Å². The van der Waals surface area contributed by atoms with Crippen LogP contribution in [-0.4, -0.2) is 59.2 Å². The topological polar surface area (TPSA) is 163 Å². The summed E-state index contributed by atoms with van der Waals surface area (Å²) in [4.78, 5) is 39.7. The number of hydrogen-bond acceptors (Lipinski definition) is 9. The van der Waals surface area contributed by atoms with Gasteiger partial charge in [0.2, 0.25) is 5.91 Å². The summed E-state index contributed by atoms with van der Waals surface area (Å²) >= 11 is 0.999. The second-order valence-electron chi connectivity index (χ2n) is 8.47. The van der Waals surface area contributed by atoms with Crippen molar-refractivity contribution in [1.29, 1.82) is 10.5 Å². The number of aromatic nitrogens is 1. The standard InChI is InChI=1S/C25H29N7O4S/c1-2-32-24(36)21(37-25(32)20(13-27)23(35)28-9-8-26)14-29-18-4-3-5-19(12-18)30-22(34)15-31-10-6-17(16-33)7-11-31/h3-5,12,14,17,29,33H,2,6-7,9-11,15-16H2,1H3,(H,28,35)(H,30,34). The first-order valence-corrected chi connectivity index (χ1v) is 12.7. The largest absolute Gasteiger partial charge is 0.396 e. The Morgan fingerprint density at radius 1 is 1.24 bits per heavy atom. The van der Waals surface area contributed by atoms with E-state index in [-0.39, 0.29) is 47.9 Å². The predicted octanol–water partition coefficient (Wildman–Crippen LogP) is -0.263. The van der Waals surface area contributed by atoms with Crippen molar-refractivity contribution in [3.8, 4) is 12.1 Å². The molecule has 1 saturated heterocycles. The van der Waals surface area contributed by atoms with E-state index in [1.807, 2.05) is 6.07 Å². The molecule has 1 aliphatic heterocycles. The molecule has 0 atom stereocenters. The van der Waals surface area contributed by atoms with E-state index in [2.05, 4.69) is 20.9 Å². The van der Waals surface area contributed by atoms with Crippen LogP contribution in [0.2, 0.25) is 0 Å². The highest BCUT2D eigenvalue weighted by Crippen LogP contribution is 2.17. The molecule has 194 valence electrons. The van der Waals surface area contributed by atoms with Gasteiger partial charge in [-0.3, -0.25) is 23.9 Å². The lowest BCUT2D eigenvalue weighted by Crippen LogP contribution is -2.39. The average molecular weight is 524 g/mol. The van der Waals surface area contributed by atoms with Crippen LogP contribution in [0.3, 0.4) is 0 Å². The number of rotatable bonds is 9. The third-order valence-electron chi connectivity index (χ3n) is 5.95. The van der Waals surface area contributed by atoms with Crippen LogP contribution in [-0.2, 0) is 16.1 Å². The van der Waals surface area contributed by atoms with E-state index in [1.54, 1.807) is 37.3 Å². The van der Waals surface area contributed by atoms with Crippen molar-refractivity contribution < 1.29 is 14.7 Å². The van der Waals surface area contributed by atoms with Gasteiger partial charge in [-0.15, -0.1) is 11.3 Å². The number of aliphatic hydroxyl groups is 1. The first-order chi connectivity index (χ1) is 17.9. The van der Waals surface area contributed by atoms with E-state index < -0.39 is 5.91 Å². The van der Waals surface area contributed by atoms with Gasteiger partial charge in [0.15, 0.2) is 5.57 Å². The molecule has 2 heterocycles. The van der Waals surface area contributed by atoms with Crippen molar-refractivity contribution in [3.05, 3.63) is 43.8 Å². The molecule has 3 rings (SSSR count). The van der Waals surface area contributed by atoms with Gasteiger partial charge in [0, 0.05) is 30.7 Å². The van der Waals surface area contributed by atoms with Crippen LogP contribution in [0.25, 0.3) is 11.8 Å². The number of carbonyl (C=O) groups is 2. The summed E-state index contributed by atoms with van der Waals surface area (Å²) in [7, 11) is 0. The van der Waals surface area contributed by atoms with Crippen molar-refractivity contribution in [1.82, 2.24) is 14.8 Å². The maximum Gasteiger partial charge on any atom is 0.270 e. The SMILES string of the molecule is CCn1c(=C(C#N)C(=O)NCC#N)sc(=CNc2cccc(NC(=O)CN3CCC(CO)CC3)c2)c1=O. The van der Waals surface area contributed by atoms with Crippen LogP contribution in [0, 0.1) is 28.6 Å². The number of piperidine rings is 1. The number of carbonyl (C=O) groups excluding carboxylic acids is 2. The molecule has 0 saturated carbocycles. The Morgan fingerprint density at radius 2 is 1.97 bits per heavy atom. The third kappa shape index (κ3) is 7.27. The number of nitriles is 2. The monoisotopic (exact) mass is 523 g/mol. The van der Waals surface area contributed by atoms with Crippen molar-refractivity contribution in [2.75, 3.05) is 43.4 Å². The highest BCUT2D eigenvalue weighted by Gasteiger charge is 2.20. The maximum absolute atomic E-state index is 12.9. The van der Waals surface area contributed by atoms with Gasteiger partial charge in [0.25, 0.3) is 11.5 Å². The van der Waals surface area contributed by atoms with E-state index in [0.717, 1.165) is 37.3 Å². The van der Waals surface area contributed by atoms with Gasteiger partial charge < -0.3 is 21.1 Å². The molecule has 0 spiro atoms. The molecule has 12 heteroatoms. The number of aliphatic hydroxyl groups excluding tert-OH is 1. The van der Waals surface area contributed by atoms with E-state index in [9.17, 15) is 24.8 Å². The van der Waals surface area contributed by atoms with E-state index in [1.165, 1.54) is 10.8 Å². The van der Waals surface area contributed by atoms with Gasteiger partial charge in [-0.25, -0.2) is 0 Å². The third-order valence-corrected chi connectivity index (χ3v) is 7.08. The lowest BCUT2D eigenvalue weighted by atomic mass is 9.98. The minimum absolute atomic E-state index is 0.133. The summed E-state index contributed by atoms with van der Waals surface area (Å²) in [6, 6.07) is 10.7. The fraction of sp³-hybridized carbons (Fsp3) is 0.400. The van der Waals surface area contributed by atoms with Crippen molar-refractivity contribution in [3.63, 3.8) is 0 Å². The fourth-order valence-corrected chi connectivity index (χ4v) is 5.05. The molecule has 0 unspecified atom stereocenters. The van der Waals surface area contributed by atoms with Gasteiger partial charge in [-0.05, 0) is 57.0 Å². The number of nitrogens with zero attached hydrogens (tertiary/aromatic N) is 4. The Kier molecular flexibility index (Phi) is 9.98. The molecule has 2 amide bonds. The molecule has 1 aliphatic rings. The van der Waals surface area contributed by atoms with Gasteiger partial charge in [-0.2, -0.15) is 10.5 Å². The zero-order valence-electron chi connectivity index (χ0n) is 20.5. The first-order valence-electron chi connectivity index (χ1n) is 11.9. The molecule has 0 bridgehead atoms. The summed E-state index contributed by atoms with van der Waals surface area (Å²) in [6.07, 6.45) is 3.25. The zero-order valence-corrected chi connectivity index (χ0v) is 21.3. The Bertz CT molecular complexity index is 1390. The zero-order chi connectivity index (χ0) is 26.8. The van der Waals surface area contributed by atoms with Gasteiger partial charge in [0.1, 0.15) is 21.8 Å². The Morgan fingerprint density at radius 3 is 2.62 bits per heavy atom. The minimum atomic E-state index is -0.715. The van der Waals surface area contributed by atoms with Crippen molar-refractivity contribution >= 4 is 46.3 Å². The molecule has 1 fully saturated rings. The molecule has 1 aromatic heterocycles. The Labute approximate surface area is 217 Å². The number of thiazole rings is 1. The summed E-state index contributed by atoms with van der Waals surface area (Å²) in [5.74, 6) is -0.538. The number of benzene rings is 1. The highest BCUT2D eigenvalue weighted by atomic mass is 32.1. The van der Waals surface area contributed by atoms with E-state index in [4.69, 9.17) is 5.26 Å². The van der Waals surface area contributed by atoms with E-state index in [0.29, 0.717) is 21.8 Å². The molecule has 1 aromatic carbocycles. The lowest BCUT2D eigenvalue weighted by molar-refractivity contribution is -0.117. The quantitative estimate of drug-likeness (QED) is 0.327. The predicted molar refractivity (Wildman–Crippen MR) is 141 cm³/mol. The van der Waals surface area contributed by atoms with Crippen molar-refractivity contribution in [2.45, 2.75) is 26.3 Å². The summed E-state index contributed by atoms with van der Waals surface area (Å²) in [6.45, 7) is 3.76. The maximum atomic E-state index is 12.9. The highest BCUT2D eigenvalue weighted by molar-refractivity contribution is 7.07. The molecular weight excluding hydrogens is 494 g/mol. The van der Waals surface area contributed by atoms with Crippen LogP contribution in [0.1, 0.15) is 19.8 Å². The van der Waals surface area contributed by atoms with Crippen LogP contribution in [0.15, 0.2) is 29.1 Å². The molecule has 4 N–H and O–H groups in total. The summed E-state index contributed by atoms with van der Waals surface area (Å²) in [5.41, 5.74) is 0.644. The number of hydrogen-bond donors (Lipinski definition) is 4. The average Bonchev–Trinajstić information content (AvgIpc) is 3.21. The number of likely N-dealkylation sites (tertiary alicyclic amines) is 1. The number of nitrogens with one attached hydrogen (secondary N) is 3. The normalized spacial score (nSPS) is 15.4. The van der Waals surface area contributed by atoms with Crippen LogP contribution < -0.4 is 30.7 Å². The second-order valence-corrected chi connectivity index (χ2v) is 9.50. The van der Waals surface area contributed by atoms with Crippen LogP contribution in [0.4, 0.5) is 11.4 Å². The smallest absolute Gasteiger partial charge is 0.270 e. The minimum Gasteiger partial charge on any atom is -0.396 e. The molecule has 0 radical (unpaired) electrons. The van der Waals surface area contributed by atoms with Crippen molar-refractivity contribution in [2.24, 2.45) is 5.92 Å². The Balaban J connectivity index is 1.75. The molecular formula is C25H29N7O4S. The second kappa shape index (κ2) is 13.4. The molecule has 37 heavy (non-hydrogen) atoms. The first kappa shape index (κ1) is 27.6.